The molecule has 2 fully saturated rings. The summed E-state index contributed by atoms with van der Waals surface area (Å²) in [5.74, 6) is 1.40. The summed E-state index contributed by atoms with van der Waals surface area (Å²) in [6, 6.07) is 8.66. The molecule has 1 aromatic heterocycles. The summed E-state index contributed by atoms with van der Waals surface area (Å²) in [5.41, 5.74) is 2.16. The second-order valence-electron chi connectivity index (χ2n) is 8.15. The van der Waals surface area contributed by atoms with E-state index < -0.39 is 0 Å². The fraction of sp³-hybridized carbons (Fsp3) is 0.636. The molecule has 6 nitrogen and oxygen atoms in total. The molecule has 1 saturated heterocycles. The fourth-order valence-corrected chi connectivity index (χ4v) is 4.61. The molecule has 2 aliphatic rings. The third-order valence-electron chi connectivity index (χ3n) is 6.25. The van der Waals surface area contributed by atoms with Crippen molar-refractivity contribution < 1.29 is 9.53 Å². The summed E-state index contributed by atoms with van der Waals surface area (Å²) in [7, 11) is 1.73. The lowest BCUT2D eigenvalue weighted by atomic mass is 9.92. The molecule has 0 bridgehead atoms. The molecular formula is C22H32N4O2. The standard InChI is InChI=1S/C22H32N4O2/c1-28-16-15-26-20-10-6-5-9-19(20)24-22(26)25-13-11-17(12-14-25)21(27)23-18-7-3-2-4-8-18/h5-6,9-10,17-18H,2-4,7-8,11-16H2,1H3,(H,23,27). The minimum Gasteiger partial charge on any atom is -0.383 e. The second kappa shape index (κ2) is 8.95. The number of benzene rings is 1. The van der Waals surface area contributed by atoms with Crippen LogP contribution in [0.5, 0.6) is 0 Å². The number of methoxy groups -OCH3 is 1. The molecule has 1 N–H and O–H groups in total. The Morgan fingerprint density at radius 3 is 2.64 bits per heavy atom. The first-order valence-electron chi connectivity index (χ1n) is 10.8. The lowest BCUT2D eigenvalue weighted by Gasteiger charge is -2.33. The van der Waals surface area contributed by atoms with Crippen LogP contribution in [0.1, 0.15) is 44.9 Å². The van der Waals surface area contributed by atoms with Crippen molar-refractivity contribution in [3.8, 4) is 0 Å². The van der Waals surface area contributed by atoms with Crippen molar-refractivity contribution in [3.63, 3.8) is 0 Å². The van der Waals surface area contributed by atoms with Crippen molar-refractivity contribution in [1.82, 2.24) is 14.9 Å². The highest BCUT2D eigenvalue weighted by atomic mass is 16.5. The number of nitrogens with one attached hydrogen (secondary N) is 1. The molecule has 4 rings (SSSR count). The van der Waals surface area contributed by atoms with Crippen molar-refractivity contribution in [2.75, 3.05) is 31.7 Å². The molecule has 1 amide bonds. The van der Waals surface area contributed by atoms with Gasteiger partial charge in [0.1, 0.15) is 0 Å². The first-order chi connectivity index (χ1) is 13.8. The highest BCUT2D eigenvalue weighted by molar-refractivity contribution is 5.80. The Morgan fingerprint density at radius 1 is 1.14 bits per heavy atom. The summed E-state index contributed by atoms with van der Waals surface area (Å²) >= 11 is 0. The predicted octanol–water partition coefficient (Wildman–Crippen LogP) is 3.35. The first kappa shape index (κ1) is 19.2. The molecule has 2 aromatic rings. The Balaban J connectivity index is 1.41. The number of fused-ring (bicyclic) bond motifs is 1. The van der Waals surface area contributed by atoms with Gasteiger partial charge in [-0.1, -0.05) is 31.4 Å². The monoisotopic (exact) mass is 384 g/mol. The quantitative estimate of drug-likeness (QED) is 0.830. The smallest absolute Gasteiger partial charge is 0.223 e. The number of aromatic nitrogens is 2. The van der Waals surface area contributed by atoms with E-state index in [1.54, 1.807) is 7.11 Å². The number of hydrogen-bond donors (Lipinski definition) is 1. The number of anilines is 1. The van der Waals surface area contributed by atoms with Crippen molar-refractivity contribution in [3.05, 3.63) is 24.3 Å². The fourth-order valence-electron chi connectivity index (χ4n) is 4.61. The van der Waals surface area contributed by atoms with Crippen LogP contribution in [0, 0.1) is 5.92 Å². The Bertz CT molecular complexity index is 789. The van der Waals surface area contributed by atoms with E-state index in [4.69, 9.17) is 9.72 Å². The Hall–Kier alpha value is -2.08. The van der Waals surface area contributed by atoms with E-state index in [1.807, 2.05) is 6.07 Å². The van der Waals surface area contributed by atoms with Gasteiger partial charge in [-0.25, -0.2) is 4.98 Å². The molecule has 28 heavy (non-hydrogen) atoms. The molecule has 1 aromatic carbocycles. The summed E-state index contributed by atoms with van der Waals surface area (Å²) in [5, 5.41) is 3.31. The molecule has 0 radical (unpaired) electrons. The number of nitrogens with zero attached hydrogens (tertiary/aromatic N) is 3. The number of imidazole rings is 1. The van der Waals surface area contributed by atoms with E-state index >= 15 is 0 Å². The van der Waals surface area contributed by atoms with Crippen molar-refractivity contribution in [2.24, 2.45) is 5.92 Å². The zero-order valence-corrected chi connectivity index (χ0v) is 16.9. The van der Waals surface area contributed by atoms with Crippen LogP contribution in [0.3, 0.4) is 0 Å². The van der Waals surface area contributed by atoms with E-state index in [2.05, 4.69) is 33.0 Å². The van der Waals surface area contributed by atoms with Crippen LogP contribution in [0.25, 0.3) is 11.0 Å². The van der Waals surface area contributed by atoms with Gasteiger partial charge in [0.15, 0.2) is 0 Å². The number of para-hydroxylation sites is 2. The van der Waals surface area contributed by atoms with Crippen LogP contribution < -0.4 is 10.2 Å². The minimum atomic E-state index is 0.134. The zero-order chi connectivity index (χ0) is 19.3. The van der Waals surface area contributed by atoms with E-state index in [0.717, 1.165) is 62.3 Å². The van der Waals surface area contributed by atoms with Crippen LogP contribution >= 0.6 is 0 Å². The van der Waals surface area contributed by atoms with Crippen LogP contribution in [0.15, 0.2) is 24.3 Å². The van der Waals surface area contributed by atoms with Crippen molar-refractivity contribution in [1.29, 1.82) is 0 Å². The van der Waals surface area contributed by atoms with Gasteiger partial charge in [-0.2, -0.15) is 0 Å². The van der Waals surface area contributed by atoms with E-state index in [1.165, 1.54) is 19.3 Å². The van der Waals surface area contributed by atoms with Gasteiger partial charge in [0, 0.05) is 38.7 Å². The van der Waals surface area contributed by atoms with Crippen molar-refractivity contribution in [2.45, 2.75) is 57.5 Å². The van der Waals surface area contributed by atoms with E-state index in [9.17, 15) is 4.79 Å². The maximum Gasteiger partial charge on any atom is 0.223 e. The average molecular weight is 385 g/mol. The average Bonchev–Trinajstić information content (AvgIpc) is 3.11. The second-order valence-corrected chi connectivity index (χ2v) is 8.15. The molecule has 0 spiro atoms. The normalized spacial score (nSPS) is 19.2. The Kier molecular flexibility index (Phi) is 6.15. The summed E-state index contributed by atoms with van der Waals surface area (Å²) in [6.45, 7) is 3.19. The number of ether oxygens (including phenoxy) is 1. The third kappa shape index (κ3) is 4.17. The van der Waals surface area contributed by atoms with Crippen LogP contribution in [0.4, 0.5) is 5.95 Å². The molecule has 6 heteroatoms. The van der Waals surface area contributed by atoms with Gasteiger partial charge in [-0.3, -0.25) is 4.79 Å². The Labute approximate surface area is 167 Å². The van der Waals surface area contributed by atoms with Gasteiger partial charge in [-0.15, -0.1) is 0 Å². The maximum atomic E-state index is 12.7. The topological polar surface area (TPSA) is 59.4 Å². The number of piperidine rings is 1. The molecule has 152 valence electrons. The molecule has 1 saturated carbocycles. The number of carbonyl (C=O) groups is 1. The van der Waals surface area contributed by atoms with Crippen LogP contribution in [0.2, 0.25) is 0 Å². The van der Waals surface area contributed by atoms with Gasteiger partial charge < -0.3 is 19.5 Å². The minimum absolute atomic E-state index is 0.134. The lowest BCUT2D eigenvalue weighted by molar-refractivity contribution is -0.126. The summed E-state index contributed by atoms with van der Waals surface area (Å²) < 4.78 is 7.56. The zero-order valence-electron chi connectivity index (χ0n) is 16.9. The van der Waals surface area contributed by atoms with Gasteiger partial charge in [-0.05, 0) is 37.8 Å². The Morgan fingerprint density at radius 2 is 1.89 bits per heavy atom. The SMILES string of the molecule is COCCn1c(N2CCC(C(=O)NC3CCCCC3)CC2)nc2ccccc21. The van der Waals surface area contributed by atoms with Gasteiger partial charge in [0.2, 0.25) is 11.9 Å². The molecule has 1 aliphatic heterocycles. The number of amides is 1. The number of carbonyl (C=O) groups excluding carboxylic acids is 1. The third-order valence-corrected chi connectivity index (χ3v) is 6.25. The van der Waals surface area contributed by atoms with Gasteiger partial charge in [0.25, 0.3) is 0 Å². The maximum absolute atomic E-state index is 12.7. The number of rotatable bonds is 6. The van der Waals surface area contributed by atoms with Gasteiger partial charge >= 0.3 is 0 Å². The summed E-state index contributed by atoms with van der Waals surface area (Å²) in [6.07, 6.45) is 7.90. The predicted molar refractivity (Wildman–Crippen MR) is 112 cm³/mol. The molecule has 0 unspecified atom stereocenters. The van der Waals surface area contributed by atoms with Crippen LogP contribution in [-0.4, -0.2) is 48.3 Å². The molecule has 0 atom stereocenters. The van der Waals surface area contributed by atoms with Crippen molar-refractivity contribution >= 4 is 22.9 Å². The highest BCUT2D eigenvalue weighted by Crippen LogP contribution is 2.27. The van der Waals surface area contributed by atoms with Gasteiger partial charge in [0.05, 0.1) is 17.6 Å². The highest BCUT2D eigenvalue weighted by Gasteiger charge is 2.29. The molecule has 2 heterocycles. The van der Waals surface area contributed by atoms with Crippen LogP contribution in [-0.2, 0) is 16.1 Å². The van der Waals surface area contributed by atoms with E-state index in [0.29, 0.717) is 12.6 Å². The van der Waals surface area contributed by atoms with E-state index in [-0.39, 0.29) is 11.8 Å². The molecule has 1 aliphatic carbocycles. The lowest BCUT2D eigenvalue weighted by Crippen LogP contribution is -2.45. The molecular weight excluding hydrogens is 352 g/mol. The first-order valence-corrected chi connectivity index (χ1v) is 10.8. The largest absolute Gasteiger partial charge is 0.383 e. The number of hydrogen-bond acceptors (Lipinski definition) is 4. The summed E-state index contributed by atoms with van der Waals surface area (Å²) in [4.78, 5) is 19.9.